The van der Waals surface area contributed by atoms with E-state index in [1.54, 1.807) is 4.90 Å². The number of rotatable bonds is 3. The van der Waals surface area contributed by atoms with Gasteiger partial charge < -0.3 is 10.2 Å². The summed E-state index contributed by atoms with van der Waals surface area (Å²) in [5, 5.41) is 2.11. The van der Waals surface area contributed by atoms with E-state index in [1.807, 2.05) is 13.8 Å². The van der Waals surface area contributed by atoms with E-state index in [1.165, 1.54) is 19.1 Å². The van der Waals surface area contributed by atoms with Crippen molar-refractivity contribution in [2.24, 2.45) is 0 Å². The van der Waals surface area contributed by atoms with Gasteiger partial charge in [-0.2, -0.15) is 0 Å². The molecule has 0 bridgehead atoms. The Hall–Kier alpha value is -1.47. The van der Waals surface area contributed by atoms with Crippen molar-refractivity contribution in [3.63, 3.8) is 0 Å². The first-order chi connectivity index (χ1) is 10.2. The highest BCUT2D eigenvalue weighted by Gasteiger charge is 2.35. The first-order valence-electron chi connectivity index (χ1n) is 7.26. The molecule has 0 aliphatic carbocycles. The second-order valence-electron chi connectivity index (χ2n) is 5.85. The second kappa shape index (κ2) is 6.34. The number of nitrogens with zero attached hydrogens (tertiary/aromatic N) is 1. The number of sulfone groups is 1. The van der Waals surface area contributed by atoms with E-state index in [2.05, 4.69) is 5.32 Å². The summed E-state index contributed by atoms with van der Waals surface area (Å²) in [6.45, 7) is 6.25. The van der Waals surface area contributed by atoms with Crippen LogP contribution in [0.5, 0.6) is 0 Å². The molecule has 0 saturated carbocycles. The third-order valence-electron chi connectivity index (χ3n) is 3.82. The molecule has 1 N–H and O–H groups in total. The van der Waals surface area contributed by atoms with Gasteiger partial charge in [0.15, 0.2) is 9.84 Å². The molecule has 1 aliphatic rings. The van der Waals surface area contributed by atoms with E-state index in [0.717, 1.165) is 12.1 Å². The Balaban J connectivity index is 2.20. The van der Waals surface area contributed by atoms with Crippen LogP contribution in [-0.2, 0) is 14.6 Å². The number of piperazine rings is 1. The molecule has 1 amide bonds. The molecule has 2 rings (SSSR count). The maximum absolute atomic E-state index is 12.9. The van der Waals surface area contributed by atoms with Crippen molar-refractivity contribution < 1.29 is 17.6 Å². The van der Waals surface area contributed by atoms with Crippen LogP contribution in [0.1, 0.15) is 20.8 Å². The van der Waals surface area contributed by atoms with Gasteiger partial charge >= 0.3 is 0 Å². The van der Waals surface area contributed by atoms with Gasteiger partial charge in [-0.3, -0.25) is 4.79 Å². The number of hydrogen-bond acceptors (Lipinski definition) is 4. The van der Waals surface area contributed by atoms with E-state index in [4.69, 9.17) is 0 Å². The van der Waals surface area contributed by atoms with Gasteiger partial charge in [-0.05, 0) is 45.0 Å². The molecule has 1 aliphatic heterocycles. The summed E-state index contributed by atoms with van der Waals surface area (Å²) in [7, 11) is -3.82. The zero-order valence-corrected chi connectivity index (χ0v) is 13.7. The summed E-state index contributed by atoms with van der Waals surface area (Å²) < 4.78 is 37.9. The number of benzene rings is 1. The Bertz CT molecular complexity index is 635. The quantitative estimate of drug-likeness (QED) is 0.847. The smallest absolute Gasteiger partial charge is 0.241 e. The summed E-state index contributed by atoms with van der Waals surface area (Å²) in [5.41, 5.74) is 0. The van der Waals surface area contributed by atoms with Gasteiger partial charge in [0.05, 0.1) is 4.90 Å². The fourth-order valence-electron chi connectivity index (χ4n) is 2.72. The highest BCUT2D eigenvalue weighted by molar-refractivity contribution is 7.92. The van der Waals surface area contributed by atoms with Crippen molar-refractivity contribution >= 4 is 15.7 Å². The Labute approximate surface area is 130 Å². The minimum Gasteiger partial charge on any atom is -0.338 e. The van der Waals surface area contributed by atoms with Crippen LogP contribution < -0.4 is 5.32 Å². The molecule has 1 heterocycles. The standard InChI is InChI=1S/C15H21FN2O3S/c1-10-8-18(9-11(2)17-10)15(19)12(3)22(20,21)14-6-4-13(16)5-7-14/h4-7,10-12,17H,8-9H2,1-3H3/t10-,11-,12+/m1/s1. The minimum atomic E-state index is -3.82. The summed E-state index contributed by atoms with van der Waals surface area (Å²) in [6.07, 6.45) is 0. The topological polar surface area (TPSA) is 66.5 Å². The van der Waals surface area contributed by atoms with Gasteiger partial charge in [0.1, 0.15) is 11.1 Å². The van der Waals surface area contributed by atoms with Gasteiger partial charge in [0, 0.05) is 25.2 Å². The van der Waals surface area contributed by atoms with Crippen LogP contribution >= 0.6 is 0 Å². The fourth-order valence-corrected chi connectivity index (χ4v) is 4.06. The molecular formula is C15H21FN2O3S. The van der Waals surface area contributed by atoms with Gasteiger partial charge in [-0.25, -0.2) is 12.8 Å². The molecule has 0 aromatic heterocycles. The number of amides is 1. The van der Waals surface area contributed by atoms with Crippen LogP contribution in [0.25, 0.3) is 0 Å². The summed E-state index contributed by atoms with van der Waals surface area (Å²) >= 11 is 0. The lowest BCUT2D eigenvalue weighted by Crippen LogP contribution is -2.58. The Morgan fingerprint density at radius 1 is 1.23 bits per heavy atom. The molecule has 0 spiro atoms. The maximum Gasteiger partial charge on any atom is 0.241 e. The van der Waals surface area contributed by atoms with E-state index in [-0.39, 0.29) is 17.0 Å². The van der Waals surface area contributed by atoms with Crippen LogP contribution in [0.4, 0.5) is 4.39 Å². The van der Waals surface area contributed by atoms with E-state index >= 15 is 0 Å². The van der Waals surface area contributed by atoms with Crippen molar-refractivity contribution in [1.82, 2.24) is 10.2 Å². The lowest BCUT2D eigenvalue weighted by molar-refractivity contribution is -0.132. The molecule has 1 fully saturated rings. The molecule has 7 heteroatoms. The third kappa shape index (κ3) is 3.47. The predicted molar refractivity (Wildman–Crippen MR) is 81.7 cm³/mol. The van der Waals surface area contributed by atoms with Crippen molar-refractivity contribution in [3.8, 4) is 0 Å². The monoisotopic (exact) mass is 328 g/mol. The summed E-state index contributed by atoms with van der Waals surface area (Å²) in [4.78, 5) is 14.1. The SMILES string of the molecule is C[C@@H]1CN(C(=O)[C@H](C)S(=O)(=O)c2ccc(F)cc2)C[C@@H](C)N1. The highest BCUT2D eigenvalue weighted by atomic mass is 32.2. The van der Waals surface area contributed by atoms with Crippen LogP contribution in [0, 0.1) is 5.82 Å². The summed E-state index contributed by atoms with van der Waals surface area (Å²) in [5.74, 6) is -0.924. The Kier molecular flexibility index (Phi) is 4.87. The van der Waals surface area contributed by atoms with Crippen LogP contribution in [0.15, 0.2) is 29.2 Å². The number of nitrogens with one attached hydrogen (secondary N) is 1. The Morgan fingerprint density at radius 2 is 1.73 bits per heavy atom. The molecule has 1 aromatic carbocycles. The van der Waals surface area contributed by atoms with Gasteiger partial charge in [-0.15, -0.1) is 0 Å². The average molecular weight is 328 g/mol. The largest absolute Gasteiger partial charge is 0.338 e. The number of carbonyl (C=O) groups is 1. The van der Waals surface area contributed by atoms with Crippen LogP contribution in [0.2, 0.25) is 0 Å². The van der Waals surface area contributed by atoms with Gasteiger partial charge in [0.2, 0.25) is 5.91 Å². The van der Waals surface area contributed by atoms with E-state index in [9.17, 15) is 17.6 Å². The van der Waals surface area contributed by atoms with Crippen molar-refractivity contribution in [2.45, 2.75) is 43.0 Å². The van der Waals surface area contributed by atoms with Gasteiger partial charge in [0.25, 0.3) is 0 Å². The second-order valence-corrected chi connectivity index (χ2v) is 8.12. The lowest BCUT2D eigenvalue weighted by atomic mass is 10.1. The normalized spacial score (nSPS) is 24.1. The lowest BCUT2D eigenvalue weighted by Gasteiger charge is -2.37. The number of carbonyl (C=O) groups excluding carboxylic acids is 1. The number of halogens is 1. The van der Waals surface area contributed by atoms with Crippen molar-refractivity contribution in [3.05, 3.63) is 30.1 Å². The maximum atomic E-state index is 12.9. The van der Waals surface area contributed by atoms with Crippen LogP contribution in [0.3, 0.4) is 0 Å². The molecule has 122 valence electrons. The highest BCUT2D eigenvalue weighted by Crippen LogP contribution is 2.19. The zero-order valence-electron chi connectivity index (χ0n) is 12.9. The fraction of sp³-hybridized carbons (Fsp3) is 0.533. The molecular weight excluding hydrogens is 307 g/mol. The first-order valence-corrected chi connectivity index (χ1v) is 8.80. The molecule has 0 unspecified atom stereocenters. The zero-order chi connectivity index (χ0) is 16.5. The molecule has 3 atom stereocenters. The minimum absolute atomic E-state index is 0.0361. The predicted octanol–water partition coefficient (Wildman–Crippen LogP) is 1.20. The van der Waals surface area contributed by atoms with Crippen LogP contribution in [-0.4, -0.2) is 49.6 Å². The average Bonchev–Trinajstić information content (AvgIpc) is 2.45. The van der Waals surface area contributed by atoms with Crippen molar-refractivity contribution in [1.29, 1.82) is 0 Å². The third-order valence-corrected chi connectivity index (χ3v) is 5.89. The van der Waals surface area contributed by atoms with Crippen molar-refractivity contribution in [2.75, 3.05) is 13.1 Å². The van der Waals surface area contributed by atoms with Gasteiger partial charge in [-0.1, -0.05) is 0 Å². The molecule has 22 heavy (non-hydrogen) atoms. The number of hydrogen-bond donors (Lipinski definition) is 1. The molecule has 5 nitrogen and oxygen atoms in total. The van der Waals surface area contributed by atoms with E-state index < -0.39 is 26.8 Å². The first kappa shape index (κ1) is 16.9. The molecule has 1 saturated heterocycles. The Morgan fingerprint density at radius 3 is 2.23 bits per heavy atom. The summed E-state index contributed by atoms with van der Waals surface area (Å²) in [6, 6.07) is 4.79. The molecule has 1 aromatic rings. The molecule has 0 radical (unpaired) electrons. The van der Waals surface area contributed by atoms with E-state index in [0.29, 0.717) is 13.1 Å².